The fourth-order valence-corrected chi connectivity index (χ4v) is 5.04. The molecule has 0 aromatic heterocycles. The maximum absolute atomic E-state index is 11.1. The Balaban J connectivity index is 1.93. The topological polar surface area (TPSA) is 63.3 Å². The summed E-state index contributed by atoms with van der Waals surface area (Å²) < 4.78 is 0. The summed E-state index contributed by atoms with van der Waals surface area (Å²) in [4.78, 5) is 11.1. The number of rotatable bonds is 4. The molecule has 0 aliphatic heterocycles. The van der Waals surface area contributed by atoms with E-state index in [-0.39, 0.29) is 11.8 Å². The Morgan fingerprint density at radius 3 is 2.94 bits per heavy atom. The number of hydrogen-bond donors (Lipinski definition) is 2. The second kappa shape index (κ2) is 3.58. The zero-order valence-corrected chi connectivity index (χ0v) is 10.4. The molecule has 2 saturated carbocycles. The quantitative estimate of drug-likeness (QED) is 0.733. The van der Waals surface area contributed by atoms with Crippen molar-refractivity contribution < 1.29 is 9.90 Å². The monoisotopic (exact) mass is 235 g/mol. The van der Waals surface area contributed by atoms with E-state index in [9.17, 15) is 4.79 Å². The Kier molecular flexibility index (Phi) is 2.37. The first-order chi connectivity index (χ1) is 8.14. The lowest BCUT2D eigenvalue weighted by Crippen LogP contribution is -2.58. The van der Waals surface area contributed by atoms with Gasteiger partial charge in [-0.15, -0.1) is 0 Å². The van der Waals surface area contributed by atoms with Gasteiger partial charge in [0.1, 0.15) is 0 Å². The smallest absolute Gasteiger partial charge is 0.303 e. The average molecular weight is 235 g/mol. The normalized spacial score (nSPS) is 46.4. The lowest BCUT2D eigenvalue weighted by atomic mass is 9.47. The van der Waals surface area contributed by atoms with E-state index in [0.717, 1.165) is 18.3 Å². The SMILES string of the molecule is CCC1=C[C@@H]2[C@@H]3C1CC[C@@H]3[C@@]2(CN)CC(=O)O. The van der Waals surface area contributed by atoms with Crippen LogP contribution in [-0.4, -0.2) is 17.6 Å². The molecule has 17 heavy (non-hydrogen) atoms. The highest BCUT2D eigenvalue weighted by Crippen LogP contribution is 2.71. The molecule has 5 atom stereocenters. The van der Waals surface area contributed by atoms with Crippen molar-refractivity contribution in [2.24, 2.45) is 34.8 Å². The van der Waals surface area contributed by atoms with Gasteiger partial charge in [0.15, 0.2) is 0 Å². The zero-order chi connectivity index (χ0) is 12.2. The van der Waals surface area contributed by atoms with Crippen molar-refractivity contribution in [2.45, 2.75) is 32.6 Å². The van der Waals surface area contributed by atoms with E-state index >= 15 is 0 Å². The molecular weight excluding hydrogens is 214 g/mol. The Hall–Kier alpha value is -0.830. The summed E-state index contributed by atoms with van der Waals surface area (Å²) in [6, 6.07) is 0. The summed E-state index contributed by atoms with van der Waals surface area (Å²) in [5, 5.41) is 9.14. The first kappa shape index (κ1) is 11.3. The van der Waals surface area contributed by atoms with Gasteiger partial charge in [0, 0.05) is 5.41 Å². The molecule has 3 aliphatic carbocycles. The van der Waals surface area contributed by atoms with Crippen LogP contribution >= 0.6 is 0 Å². The number of carboxylic acid groups (broad SMARTS) is 1. The van der Waals surface area contributed by atoms with Crippen molar-refractivity contribution in [3.8, 4) is 0 Å². The lowest BCUT2D eigenvalue weighted by molar-refractivity contribution is -0.150. The predicted molar refractivity (Wildman–Crippen MR) is 65.3 cm³/mol. The third-order valence-electron chi connectivity index (χ3n) is 5.67. The molecule has 3 nitrogen and oxygen atoms in total. The molecule has 3 rings (SSSR count). The molecule has 0 heterocycles. The standard InChI is InChI=1S/C14H21NO2/c1-2-8-5-11-13-9(8)3-4-10(13)14(11,7-15)6-12(16)17/h5,9-11,13H,2-4,6-7,15H2,1H3,(H,16,17)/t9?,10-,11+,13+,14-/m0/s1. The van der Waals surface area contributed by atoms with Crippen LogP contribution in [0.5, 0.6) is 0 Å². The van der Waals surface area contributed by atoms with Crippen molar-refractivity contribution in [2.75, 3.05) is 6.54 Å². The van der Waals surface area contributed by atoms with Gasteiger partial charge in [-0.1, -0.05) is 18.6 Å². The highest BCUT2D eigenvalue weighted by molar-refractivity contribution is 5.68. The molecule has 2 fully saturated rings. The minimum Gasteiger partial charge on any atom is -0.481 e. The minimum atomic E-state index is -0.685. The summed E-state index contributed by atoms with van der Waals surface area (Å²) in [5.41, 5.74) is 7.40. The van der Waals surface area contributed by atoms with Gasteiger partial charge >= 0.3 is 5.97 Å². The van der Waals surface area contributed by atoms with Crippen LogP contribution < -0.4 is 5.73 Å². The molecule has 0 amide bonds. The largest absolute Gasteiger partial charge is 0.481 e. The van der Waals surface area contributed by atoms with Gasteiger partial charge in [-0.05, 0) is 49.5 Å². The molecule has 0 bridgehead atoms. The number of aliphatic carboxylic acids is 1. The predicted octanol–water partition coefficient (Wildman–Crippen LogP) is 2.03. The van der Waals surface area contributed by atoms with Gasteiger partial charge in [-0.25, -0.2) is 0 Å². The number of hydrogen-bond acceptors (Lipinski definition) is 2. The Bertz CT molecular complexity index is 390. The van der Waals surface area contributed by atoms with E-state index in [4.69, 9.17) is 10.8 Å². The number of nitrogens with two attached hydrogens (primary N) is 1. The number of carbonyl (C=O) groups is 1. The molecule has 0 saturated heterocycles. The molecule has 94 valence electrons. The van der Waals surface area contributed by atoms with Crippen LogP contribution in [0.15, 0.2) is 11.6 Å². The molecule has 0 radical (unpaired) electrons. The molecule has 0 aromatic rings. The summed E-state index contributed by atoms with van der Waals surface area (Å²) in [6.45, 7) is 2.75. The minimum absolute atomic E-state index is 0.123. The van der Waals surface area contributed by atoms with Crippen LogP contribution in [-0.2, 0) is 4.79 Å². The lowest BCUT2D eigenvalue weighted by Gasteiger charge is -2.57. The van der Waals surface area contributed by atoms with Crippen molar-refractivity contribution in [1.82, 2.24) is 0 Å². The molecule has 0 aromatic carbocycles. The van der Waals surface area contributed by atoms with E-state index in [1.165, 1.54) is 12.8 Å². The fraction of sp³-hybridized carbons (Fsp3) is 0.786. The molecule has 3 N–H and O–H groups in total. The summed E-state index contributed by atoms with van der Waals surface area (Å²) in [7, 11) is 0. The van der Waals surface area contributed by atoms with E-state index in [0.29, 0.717) is 18.4 Å². The summed E-state index contributed by atoms with van der Waals surface area (Å²) >= 11 is 0. The zero-order valence-electron chi connectivity index (χ0n) is 10.4. The van der Waals surface area contributed by atoms with Gasteiger partial charge in [0.05, 0.1) is 6.42 Å². The van der Waals surface area contributed by atoms with Crippen molar-refractivity contribution >= 4 is 5.97 Å². The molecule has 0 spiro atoms. The van der Waals surface area contributed by atoms with Gasteiger partial charge in [-0.2, -0.15) is 0 Å². The highest BCUT2D eigenvalue weighted by Gasteiger charge is 2.67. The maximum Gasteiger partial charge on any atom is 0.303 e. The fourth-order valence-electron chi connectivity index (χ4n) is 5.04. The number of carboxylic acids is 1. The highest BCUT2D eigenvalue weighted by atomic mass is 16.4. The van der Waals surface area contributed by atoms with Crippen LogP contribution in [0.1, 0.15) is 32.6 Å². The van der Waals surface area contributed by atoms with Crippen molar-refractivity contribution in [1.29, 1.82) is 0 Å². The van der Waals surface area contributed by atoms with Crippen LogP contribution in [0.2, 0.25) is 0 Å². The van der Waals surface area contributed by atoms with Gasteiger partial charge in [0.2, 0.25) is 0 Å². The Labute approximate surface area is 102 Å². The number of allylic oxidation sites excluding steroid dienone is 2. The van der Waals surface area contributed by atoms with Crippen molar-refractivity contribution in [3.63, 3.8) is 0 Å². The molecular formula is C14H21NO2. The Morgan fingerprint density at radius 2 is 2.35 bits per heavy atom. The third-order valence-corrected chi connectivity index (χ3v) is 5.67. The van der Waals surface area contributed by atoms with E-state index < -0.39 is 5.97 Å². The average Bonchev–Trinajstić information content (AvgIpc) is 2.79. The molecule has 3 aliphatic rings. The van der Waals surface area contributed by atoms with Crippen LogP contribution in [0.25, 0.3) is 0 Å². The second-order valence-electron chi connectivity index (χ2n) is 6.00. The molecule has 1 unspecified atom stereocenters. The third kappa shape index (κ3) is 1.23. The van der Waals surface area contributed by atoms with E-state index in [1.807, 2.05) is 0 Å². The van der Waals surface area contributed by atoms with Gasteiger partial charge in [-0.3, -0.25) is 4.79 Å². The van der Waals surface area contributed by atoms with Crippen molar-refractivity contribution in [3.05, 3.63) is 11.6 Å². The first-order valence-electron chi connectivity index (χ1n) is 6.76. The van der Waals surface area contributed by atoms with Crippen LogP contribution in [0.4, 0.5) is 0 Å². The maximum atomic E-state index is 11.1. The van der Waals surface area contributed by atoms with E-state index in [2.05, 4.69) is 13.0 Å². The summed E-state index contributed by atoms with van der Waals surface area (Å²) in [5.74, 6) is 1.82. The van der Waals surface area contributed by atoms with Crippen LogP contribution in [0, 0.1) is 29.1 Å². The summed E-state index contributed by atoms with van der Waals surface area (Å²) in [6.07, 6.45) is 6.20. The second-order valence-corrected chi connectivity index (χ2v) is 6.00. The van der Waals surface area contributed by atoms with Crippen LogP contribution in [0.3, 0.4) is 0 Å². The van der Waals surface area contributed by atoms with Gasteiger partial charge < -0.3 is 10.8 Å². The Morgan fingerprint density at radius 1 is 1.59 bits per heavy atom. The van der Waals surface area contributed by atoms with E-state index in [1.54, 1.807) is 5.57 Å². The van der Waals surface area contributed by atoms with Gasteiger partial charge in [0.25, 0.3) is 0 Å². The molecule has 3 heteroatoms. The first-order valence-corrected chi connectivity index (χ1v) is 6.76.